The molecule has 1 rings (SSSR count). The second-order valence-electron chi connectivity index (χ2n) is 5.23. The number of esters is 2. The Bertz CT molecular complexity index is 388. The quantitative estimate of drug-likeness (QED) is 0.571. The first-order chi connectivity index (χ1) is 8.34. The lowest BCUT2D eigenvalue weighted by atomic mass is 9.81. The molecule has 0 radical (unpaired) electrons. The predicted octanol–water partition coefficient (Wildman–Crippen LogP) is 2.25. The molecule has 0 N–H and O–H groups in total. The first-order valence-corrected chi connectivity index (χ1v) is 5.83. The maximum absolute atomic E-state index is 12.0. The van der Waals surface area contributed by atoms with E-state index in [1.165, 1.54) is 14.2 Å². The van der Waals surface area contributed by atoms with Gasteiger partial charge >= 0.3 is 11.9 Å². The van der Waals surface area contributed by atoms with Crippen LogP contribution in [0.25, 0.3) is 0 Å². The normalized spacial score (nSPS) is 22.6. The fraction of sp³-hybridized carbons (Fsp3) is 0.571. The molecule has 0 aliphatic heterocycles. The van der Waals surface area contributed by atoms with E-state index in [4.69, 9.17) is 9.47 Å². The molecular weight excluding hydrogens is 232 g/mol. The van der Waals surface area contributed by atoms with Gasteiger partial charge in [-0.15, -0.1) is 0 Å². The van der Waals surface area contributed by atoms with Crippen LogP contribution in [-0.2, 0) is 19.1 Å². The van der Waals surface area contributed by atoms with Crippen molar-refractivity contribution >= 4 is 11.9 Å². The van der Waals surface area contributed by atoms with E-state index in [9.17, 15) is 9.59 Å². The Labute approximate surface area is 108 Å². The first-order valence-electron chi connectivity index (χ1n) is 5.83. The third-order valence-corrected chi connectivity index (χ3v) is 3.58. The molecule has 100 valence electrons. The molecule has 0 aromatic rings. The average molecular weight is 252 g/mol. The number of hydrogen-bond acceptors (Lipinski definition) is 4. The average Bonchev–Trinajstić information content (AvgIpc) is 2.61. The molecule has 0 atom stereocenters. The van der Waals surface area contributed by atoms with Crippen LogP contribution in [0, 0.1) is 10.8 Å². The van der Waals surface area contributed by atoms with Crippen LogP contribution in [-0.4, -0.2) is 26.2 Å². The van der Waals surface area contributed by atoms with Gasteiger partial charge in [-0.3, -0.25) is 9.59 Å². The molecule has 4 nitrogen and oxygen atoms in total. The van der Waals surface area contributed by atoms with Crippen LogP contribution in [0.1, 0.15) is 26.7 Å². The largest absolute Gasteiger partial charge is 0.468 e. The van der Waals surface area contributed by atoms with Gasteiger partial charge in [0, 0.05) is 0 Å². The zero-order chi connectivity index (χ0) is 14.0. The van der Waals surface area contributed by atoms with Gasteiger partial charge in [0.05, 0.1) is 14.2 Å². The standard InChI is InChI=1S/C14H20O4/c1-6-7-10-8-14(11(15)17-4,12(16)18-5)9-13(10,2)3/h6-7H,1,8-9H2,2-5H3/b10-7-. The van der Waals surface area contributed by atoms with Crippen molar-refractivity contribution in [2.45, 2.75) is 26.7 Å². The van der Waals surface area contributed by atoms with Crippen molar-refractivity contribution in [2.24, 2.45) is 10.8 Å². The van der Waals surface area contributed by atoms with E-state index >= 15 is 0 Å². The summed E-state index contributed by atoms with van der Waals surface area (Å²) in [5.41, 5.74) is -0.466. The molecule has 0 aromatic carbocycles. The third kappa shape index (κ3) is 2.19. The summed E-state index contributed by atoms with van der Waals surface area (Å²) >= 11 is 0. The Morgan fingerprint density at radius 1 is 1.22 bits per heavy atom. The van der Waals surface area contributed by atoms with Crippen LogP contribution in [0.2, 0.25) is 0 Å². The molecular formula is C14H20O4. The Morgan fingerprint density at radius 3 is 2.11 bits per heavy atom. The second-order valence-corrected chi connectivity index (χ2v) is 5.23. The van der Waals surface area contributed by atoms with Crippen molar-refractivity contribution in [1.82, 2.24) is 0 Å². The molecule has 0 aromatic heterocycles. The molecule has 1 aliphatic rings. The maximum atomic E-state index is 12.0. The molecule has 1 fully saturated rings. The molecule has 0 spiro atoms. The molecule has 0 heterocycles. The lowest BCUT2D eigenvalue weighted by molar-refractivity contribution is -0.169. The highest BCUT2D eigenvalue weighted by Gasteiger charge is 2.57. The van der Waals surface area contributed by atoms with E-state index in [-0.39, 0.29) is 5.41 Å². The number of hydrogen-bond donors (Lipinski definition) is 0. The summed E-state index contributed by atoms with van der Waals surface area (Å²) in [6, 6.07) is 0. The van der Waals surface area contributed by atoms with Gasteiger partial charge in [0.2, 0.25) is 0 Å². The lowest BCUT2D eigenvalue weighted by Gasteiger charge is -2.24. The molecule has 0 unspecified atom stereocenters. The second kappa shape index (κ2) is 4.96. The van der Waals surface area contributed by atoms with Crippen molar-refractivity contribution in [3.05, 3.63) is 24.3 Å². The van der Waals surface area contributed by atoms with Gasteiger partial charge in [0.25, 0.3) is 0 Å². The van der Waals surface area contributed by atoms with Gasteiger partial charge in [-0.1, -0.05) is 38.2 Å². The Morgan fingerprint density at radius 2 is 1.72 bits per heavy atom. The maximum Gasteiger partial charge on any atom is 0.323 e. The highest BCUT2D eigenvalue weighted by atomic mass is 16.5. The summed E-state index contributed by atoms with van der Waals surface area (Å²) in [4.78, 5) is 24.0. The van der Waals surface area contributed by atoms with E-state index in [2.05, 4.69) is 6.58 Å². The topological polar surface area (TPSA) is 52.6 Å². The van der Waals surface area contributed by atoms with E-state index in [1.807, 2.05) is 19.9 Å². The predicted molar refractivity (Wildman–Crippen MR) is 67.8 cm³/mol. The number of carbonyl (C=O) groups is 2. The molecule has 18 heavy (non-hydrogen) atoms. The monoisotopic (exact) mass is 252 g/mol. The fourth-order valence-corrected chi connectivity index (χ4v) is 2.68. The zero-order valence-electron chi connectivity index (χ0n) is 11.4. The van der Waals surface area contributed by atoms with Crippen molar-refractivity contribution in [2.75, 3.05) is 14.2 Å². The zero-order valence-corrected chi connectivity index (χ0v) is 11.4. The molecule has 4 heteroatoms. The van der Waals surface area contributed by atoms with E-state index in [1.54, 1.807) is 6.08 Å². The van der Waals surface area contributed by atoms with E-state index in [0.29, 0.717) is 12.8 Å². The van der Waals surface area contributed by atoms with Gasteiger partial charge in [0.15, 0.2) is 5.41 Å². The lowest BCUT2D eigenvalue weighted by Crippen LogP contribution is -2.39. The minimum Gasteiger partial charge on any atom is -0.468 e. The minimum absolute atomic E-state index is 0.253. The van der Waals surface area contributed by atoms with Gasteiger partial charge in [-0.05, 0) is 18.3 Å². The first kappa shape index (κ1) is 14.5. The summed E-state index contributed by atoms with van der Waals surface area (Å²) < 4.78 is 9.57. The van der Waals surface area contributed by atoms with Crippen molar-refractivity contribution in [3.63, 3.8) is 0 Å². The van der Waals surface area contributed by atoms with Crippen LogP contribution in [0.4, 0.5) is 0 Å². The molecule has 1 aliphatic carbocycles. The number of methoxy groups -OCH3 is 2. The SMILES string of the molecule is C=C/C=C1/CC(C(=O)OC)(C(=O)OC)CC1(C)C. The summed E-state index contributed by atoms with van der Waals surface area (Å²) in [7, 11) is 2.57. The van der Waals surface area contributed by atoms with Crippen LogP contribution >= 0.6 is 0 Å². The van der Waals surface area contributed by atoms with E-state index < -0.39 is 17.4 Å². The highest BCUT2D eigenvalue weighted by Crippen LogP contribution is 2.53. The summed E-state index contributed by atoms with van der Waals surface area (Å²) in [5.74, 6) is -1.07. The van der Waals surface area contributed by atoms with Crippen LogP contribution < -0.4 is 0 Å². The summed E-state index contributed by atoms with van der Waals surface area (Å²) in [5, 5.41) is 0. The highest BCUT2D eigenvalue weighted by molar-refractivity contribution is 6.01. The molecule has 1 saturated carbocycles. The number of rotatable bonds is 3. The minimum atomic E-state index is -1.22. The number of carbonyl (C=O) groups excluding carboxylic acids is 2. The fourth-order valence-electron chi connectivity index (χ4n) is 2.68. The van der Waals surface area contributed by atoms with Crippen molar-refractivity contribution < 1.29 is 19.1 Å². The van der Waals surface area contributed by atoms with Crippen LogP contribution in [0.5, 0.6) is 0 Å². The Balaban J connectivity index is 3.26. The molecule has 0 saturated heterocycles. The Kier molecular flexibility index (Phi) is 3.99. The van der Waals surface area contributed by atoms with Crippen molar-refractivity contribution in [1.29, 1.82) is 0 Å². The third-order valence-electron chi connectivity index (χ3n) is 3.58. The summed E-state index contributed by atoms with van der Waals surface area (Å²) in [6.45, 7) is 7.65. The summed E-state index contributed by atoms with van der Waals surface area (Å²) in [6.07, 6.45) is 4.24. The molecule has 0 bridgehead atoms. The van der Waals surface area contributed by atoms with Gasteiger partial charge < -0.3 is 9.47 Å². The van der Waals surface area contributed by atoms with Gasteiger partial charge in [0.1, 0.15) is 0 Å². The smallest absolute Gasteiger partial charge is 0.323 e. The van der Waals surface area contributed by atoms with Gasteiger partial charge in [-0.2, -0.15) is 0 Å². The van der Waals surface area contributed by atoms with Crippen molar-refractivity contribution in [3.8, 4) is 0 Å². The van der Waals surface area contributed by atoms with Crippen LogP contribution in [0.3, 0.4) is 0 Å². The molecule has 0 amide bonds. The Hall–Kier alpha value is -1.58. The number of ether oxygens (including phenoxy) is 2. The van der Waals surface area contributed by atoms with E-state index in [0.717, 1.165) is 5.57 Å². The van der Waals surface area contributed by atoms with Gasteiger partial charge in [-0.25, -0.2) is 0 Å². The van der Waals surface area contributed by atoms with Crippen LogP contribution in [0.15, 0.2) is 24.3 Å². The number of allylic oxidation sites excluding steroid dienone is 3.